The van der Waals surface area contributed by atoms with Gasteiger partial charge >= 0.3 is 0 Å². The highest BCUT2D eigenvalue weighted by molar-refractivity contribution is 5.81. The molecule has 1 N–H and O–H groups in total. The first-order chi connectivity index (χ1) is 5.61. The molecule has 3 heteroatoms. The number of nitriles is 1. The van der Waals surface area contributed by atoms with Gasteiger partial charge in [0.1, 0.15) is 5.92 Å². The van der Waals surface area contributed by atoms with Crippen LogP contribution in [-0.2, 0) is 4.79 Å². The van der Waals surface area contributed by atoms with Gasteiger partial charge in [0.25, 0.3) is 0 Å². The van der Waals surface area contributed by atoms with E-state index in [4.69, 9.17) is 5.26 Å². The number of rotatable bonds is 4. The molecule has 0 saturated carbocycles. The van der Waals surface area contributed by atoms with Crippen molar-refractivity contribution in [3.8, 4) is 6.07 Å². The van der Waals surface area contributed by atoms with Gasteiger partial charge in [0, 0.05) is 6.54 Å². The smallest absolute Gasteiger partial charge is 0.237 e. The molecular weight excluding hydrogens is 152 g/mol. The standard InChI is InChI=1S/C9H14N2O/c1-4-8(5-10)9(12)11-6-7(2)3/h8H,2,4,6H2,1,3H3,(H,11,12). The van der Waals surface area contributed by atoms with E-state index in [0.29, 0.717) is 13.0 Å². The Labute approximate surface area is 73.1 Å². The van der Waals surface area contributed by atoms with Gasteiger partial charge in [0.15, 0.2) is 0 Å². The van der Waals surface area contributed by atoms with Crippen LogP contribution in [0.2, 0.25) is 0 Å². The average molecular weight is 166 g/mol. The predicted molar refractivity (Wildman–Crippen MR) is 47.2 cm³/mol. The van der Waals surface area contributed by atoms with Crippen LogP contribution >= 0.6 is 0 Å². The van der Waals surface area contributed by atoms with Gasteiger partial charge in [-0.3, -0.25) is 4.79 Å². The quantitative estimate of drug-likeness (QED) is 0.638. The molecule has 0 aliphatic rings. The van der Waals surface area contributed by atoms with Crippen molar-refractivity contribution in [1.82, 2.24) is 5.32 Å². The maximum Gasteiger partial charge on any atom is 0.237 e. The van der Waals surface area contributed by atoms with Crippen LogP contribution in [0.5, 0.6) is 0 Å². The van der Waals surface area contributed by atoms with E-state index in [1.54, 1.807) is 0 Å². The zero-order valence-electron chi connectivity index (χ0n) is 7.55. The number of carbonyl (C=O) groups excluding carboxylic acids is 1. The topological polar surface area (TPSA) is 52.9 Å². The Balaban J connectivity index is 3.87. The highest BCUT2D eigenvalue weighted by Gasteiger charge is 2.13. The van der Waals surface area contributed by atoms with Crippen molar-refractivity contribution < 1.29 is 4.79 Å². The van der Waals surface area contributed by atoms with Crippen LogP contribution in [0.4, 0.5) is 0 Å². The maximum atomic E-state index is 11.1. The average Bonchev–Trinajstić information content (AvgIpc) is 2.03. The molecule has 0 aromatic carbocycles. The molecule has 1 atom stereocenters. The molecule has 3 nitrogen and oxygen atoms in total. The summed E-state index contributed by atoms with van der Waals surface area (Å²) in [6, 6.07) is 1.93. The summed E-state index contributed by atoms with van der Waals surface area (Å²) in [4.78, 5) is 11.1. The Hall–Kier alpha value is -1.30. The fourth-order valence-corrected chi connectivity index (χ4v) is 0.697. The lowest BCUT2D eigenvalue weighted by atomic mass is 10.1. The zero-order chi connectivity index (χ0) is 9.56. The Morgan fingerprint density at radius 1 is 1.75 bits per heavy atom. The Kier molecular flexibility index (Phi) is 4.78. The lowest BCUT2D eigenvalue weighted by Gasteiger charge is -2.06. The number of nitrogens with zero attached hydrogens (tertiary/aromatic N) is 1. The lowest BCUT2D eigenvalue weighted by Crippen LogP contribution is -2.30. The summed E-state index contributed by atoms with van der Waals surface area (Å²) in [5.74, 6) is -0.729. The maximum absolute atomic E-state index is 11.1. The fraction of sp³-hybridized carbons (Fsp3) is 0.556. The second-order valence-corrected chi connectivity index (χ2v) is 2.76. The van der Waals surface area contributed by atoms with E-state index in [2.05, 4.69) is 11.9 Å². The molecule has 0 heterocycles. The Morgan fingerprint density at radius 2 is 2.33 bits per heavy atom. The van der Waals surface area contributed by atoms with E-state index in [1.807, 2.05) is 19.9 Å². The summed E-state index contributed by atoms with van der Waals surface area (Å²) in [5, 5.41) is 11.2. The summed E-state index contributed by atoms with van der Waals surface area (Å²) in [7, 11) is 0. The molecule has 0 aromatic rings. The summed E-state index contributed by atoms with van der Waals surface area (Å²) in [5.41, 5.74) is 0.885. The highest BCUT2D eigenvalue weighted by atomic mass is 16.1. The minimum atomic E-state index is -0.524. The summed E-state index contributed by atoms with van der Waals surface area (Å²) in [6.07, 6.45) is 0.554. The first kappa shape index (κ1) is 10.7. The molecule has 0 rings (SSSR count). The first-order valence-corrected chi connectivity index (χ1v) is 3.93. The fourth-order valence-electron chi connectivity index (χ4n) is 0.697. The van der Waals surface area contributed by atoms with Crippen molar-refractivity contribution in [1.29, 1.82) is 5.26 Å². The van der Waals surface area contributed by atoms with Gasteiger partial charge in [-0.1, -0.05) is 19.1 Å². The van der Waals surface area contributed by atoms with Gasteiger partial charge in [-0.15, -0.1) is 0 Å². The second-order valence-electron chi connectivity index (χ2n) is 2.76. The van der Waals surface area contributed by atoms with Gasteiger partial charge in [-0.25, -0.2) is 0 Å². The monoisotopic (exact) mass is 166 g/mol. The first-order valence-electron chi connectivity index (χ1n) is 3.93. The van der Waals surface area contributed by atoms with Crippen molar-refractivity contribution in [2.75, 3.05) is 6.54 Å². The highest BCUT2D eigenvalue weighted by Crippen LogP contribution is 1.99. The minimum Gasteiger partial charge on any atom is -0.351 e. The SMILES string of the molecule is C=C(C)CNC(=O)C(C#N)CC. The van der Waals surface area contributed by atoms with Crippen molar-refractivity contribution in [2.45, 2.75) is 20.3 Å². The van der Waals surface area contributed by atoms with E-state index in [-0.39, 0.29) is 5.91 Å². The molecule has 0 radical (unpaired) electrons. The molecule has 0 spiro atoms. The number of carbonyl (C=O) groups is 1. The molecule has 0 aliphatic carbocycles. The van der Waals surface area contributed by atoms with Gasteiger partial charge < -0.3 is 5.32 Å². The molecule has 66 valence electrons. The van der Waals surface area contributed by atoms with Gasteiger partial charge in [-0.05, 0) is 13.3 Å². The molecule has 0 aliphatic heterocycles. The van der Waals surface area contributed by atoms with E-state index in [1.165, 1.54) is 0 Å². The normalized spacial score (nSPS) is 11.4. The van der Waals surface area contributed by atoms with Crippen molar-refractivity contribution >= 4 is 5.91 Å². The third kappa shape index (κ3) is 3.77. The van der Waals surface area contributed by atoms with Crippen LogP contribution in [0.1, 0.15) is 20.3 Å². The summed E-state index contributed by atoms with van der Waals surface area (Å²) < 4.78 is 0. The lowest BCUT2D eigenvalue weighted by molar-refractivity contribution is -0.123. The van der Waals surface area contributed by atoms with Crippen molar-refractivity contribution in [3.63, 3.8) is 0 Å². The van der Waals surface area contributed by atoms with Crippen LogP contribution in [-0.4, -0.2) is 12.5 Å². The predicted octanol–water partition coefficient (Wildman–Crippen LogP) is 1.23. The van der Waals surface area contributed by atoms with Crippen LogP contribution in [0.3, 0.4) is 0 Å². The van der Waals surface area contributed by atoms with Gasteiger partial charge in [0.2, 0.25) is 5.91 Å². The molecule has 0 saturated heterocycles. The summed E-state index contributed by atoms with van der Waals surface area (Å²) in [6.45, 7) is 7.74. The molecule has 12 heavy (non-hydrogen) atoms. The third-order valence-corrected chi connectivity index (χ3v) is 1.44. The molecule has 0 aromatic heterocycles. The van der Waals surface area contributed by atoms with E-state index in [0.717, 1.165) is 5.57 Å². The van der Waals surface area contributed by atoms with Crippen LogP contribution < -0.4 is 5.32 Å². The van der Waals surface area contributed by atoms with E-state index < -0.39 is 5.92 Å². The zero-order valence-corrected chi connectivity index (χ0v) is 7.55. The van der Waals surface area contributed by atoms with Crippen molar-refractivity contribution in [3.05, 3.63) is 12.2 Å². The van der Waals surface area contributed by atoms with Crippen LogP contribution in [0.25, 0.3) is 0 Å². The Bertz CT molecular complexity index is 215. The number of hydrogen-bond donors (Lipinski definition) is 1. The largest absolute Gasteiger partial charge is 0.351 e. The second kappa shape index (κ2) is 5.36. The molecule has 1 unspecified atom stereocenters. The van der Waals surface area contributed by atoms with Crippen LogP contribution in [0.15, 0.2) is 12.2 Å². The molecule has 0 fully saturated rings. The Morgan fingerprint density at radius 3 is 2.67 bits per heavy atom. The van der Waals surface area contributed by atoms with Gasteiger partial charge in [0.05, 0.1) is 6.07 Å². The number of nitrogens with one attached hydrogen (secondary N) is 1. The number of hydrogen-bond acceptors (Lipinski definition) is 2. The van der Waals surface area contributed by atoms with E-state index in [9.17, 15) is 4.79 Å². The van der Waals surface area contributed by atoms with Crippen molar-refractivity contribution in [2.24, 2.45) is 5.92 Å². The third-order valence-electron chi connectivity index (χ3n) is 1.44. The molecule has 0 bridgehead atoms. The number of amides is 1. The minimum absolute atomic E-state index is 0.206. The summed E-state index contributed by atoms with van der Waals surface area (Å²) >= 11 is 0. The van der Waals surface area contributed by atoms with Gasteiger partial charge in [-0.2, -0.15) is 5.26 Å². The molecule has 1 amide bonds. The molecular formula is C9H14N2O. The van der Waals surface area contributed by atoms with Crippen LogP contribution in [0, 0.1) is 17.2 Å². The van der Waals surface area contributed by atoms with E-state index >= 15 is 0 Å².